The van der Waals surface area contributed by atoms with Crippen LogP contribution >= 0.6 is 27.3 Å². The van der Waals surface area contributed by atoms with E-state index in [1.54, 1.807) is 11.3 Å². The third-order valence-corrected chi connectivity index (χ3v) is 5.09. The third kappa shape index (κ3) is 2.37. The number of nitrogens with two attached hydrogens (primary N) is 1. The highest BCUT2D eigenvalue weighted by atomic mass is 79.9. The van der Waals surface area contributed by atoms with Crippen LogP contribution in [-0.2, 0) is 0 Å². The van der Waals surface area contributed by atoms with Gasteiger partial charge in [0.05, 0.1) is 8.79 Å². The normalized spacial score (nSPS) is 18.6. The molecule has 0 saturated heterocycles. The minimum atomic E-state index is 0.394. The monoisotopic (exact) mass is 288 g/mol. The van der Waals surface area contributed by atoms with Gasteiger partial charge in [0.1, 0.15) is 0 Å². The van der Waals surface area contributed by atoms with Crippen LogP contribution in [0.15, 0.2) is 15.9 Å². The first kappa shape index (κ1) is 11.4. The zero-order valence-electron chi connectivity index (χ0n) is 9.00. The van der Waals surface area contributed by atoms with Gasteiger partial charge in [0.25, 0.3) is 0 Å². The number of rotatable bonds is 4. The molecule has 0 radical (unpaired) electrons. The lowest BCUT2D eigenvalue weighted by atomic mass is 9.68. The van der Waals surface area contributed by atoms with Crippen molar-refractivity contribution in [1.29, 1.82) is 0 Å². The lowest BCUT2D eigenvalue weighted by Gasteiger charge is -2.43. The Hall–Kier alpha value is -0.0600. The van der Waals surface area contributed by atoms with Gasteiger partial charge in [0.15, 0.2) is 0 Å². The van der Waals surface area contributed by atoms with Gasteiger partial charge in [-0.05, 0) is 47.4 Å². The highest BCUT2D eigenvalue weighted by Crippen LogP contribution is 2.41. The first-order valence-electron chi connectivity index (χ1n) is 5.32. The van der Waals surface area contributed by atoms with Gasteiger partial charge in [-0.3, -0.25) is 0 Å². The van der Waals surface area contributed by atoms with E-state index >= 15 is 0 Å². The van der Waals surface area contributed by atoms with E-state index < -0.39 is 0 Å². The first-order valence-corrected chi connectivity index (χ1v) is 6.93. The summed E-state index contributed by atoms with van der Waals surface area (Å²) in [6.07, 6.45) is 3.93. The summed E-state index contributed by atoms with van der Waals surface area (Å²) in [5.41, 5.74) is 6.26. The molecular weight excluding hydrogens is 272 g/mol. The second kappa shape index (κ2) is 4.44. The van der Waals surface area contributed by atoms with E-state index in [0.717, 1.165) is 13.1 Å². The fourth-order valence-corrected chi connectivity index (χ4v) is 3.52. The maximum Gasteiger partial charge on any atom is 0.0917 e. The zero-order valence-corrected chi connectivity index (χ0v) is 11.4. The van der Waals surface area contributed by atoms with E-state index in [2.05, 4.69) is 40.0 Å². The highest BCUT2D eigenvalue weighted by Gasteiger charge is 2.36. The number of hydrogen-bond acceptors (Lipinski definition) is 3. The molecule has 2 N–H and O–H groups in total. The summed E-state index contributed by atoms with van der Waals surface area (Å²) in [4.78, 5) is 2.33. The molecule has 4 heteroatoms. The molecule has 1 aromatic heterocycles. The molecule has 0 aromatic carbocycles. The predicted molar refractivity (Wildman–Crippen MR) is 70.6 cm³/mol. The van der Waals surface area contributed by atoms with E-state index in [4.69, 9.17) is 5.73 Å². The van der Waals surface area contributed by atoms with Crippen LogP contribution in [0.5, 0.6) is 0 Å². The van der Waals surface area contributed by atoms with E-state index in [-0.39, 0.29) is 0 Å². The largest absolute Gasteiger partial charge is 0.366 e. The van der Waals surface area contributed by atoms with E-state index in [0.29, 0.717) is 5.41 Å². The molecule has 0 atom stereocenters. The van der Waals surface area contributed by atoms with Gasteiger partial charge >= 0.3 is 0 Å². The number of nitrogens with zero attached hydrogens (tertiary/aromatic N) is 1. The van der Waals surface area contributed by atoms with Crippen molar-refractivity contribution < 1.29 is 0 Å². The molecule has 0 aliphatic heterocycles. The van der Waals surface area contributed by atoms with Crippen LogP contribution < -0.4 is 10.6 Å². The molecule has 0 amide bonds. The van der Waals surface area contributed by atoms with E-state index in [1.807, 2.05) is 0 Å². The molecule has 1 aromatic rings. The molecule has 0 spiro atoms. The minimum absolute atomic E-state index is 0.394. The number of thiophene rings is 1. The van der Waals surface area contributed by atoms with Crippen molar-refractivity contribution in [3.8, 4) is 0 Å². The van der Waals surface area contributed by atoms with Crippen LogP contribution in [-0.4, -0.2) is 20.1 Å². The van der Waals surface area contributed by atoms with Gasteiger partial charge in [-0.25, -0.2) is 0 Å². The Morgan fingerprint density at radius 2 is 2.27 bits per heavy atom. The van der Waals surface area contributed by atoms with Crippen molar-refractivity contribution in [1.82, 2.24) is 0 Å². The van der Waals surface area contributed by atoms with Gasteiger partial charge in [0.2, 0.25) is 0 Å². The van der Waals surface area contributed by atoms with Crippen molar-refractivity contribution in [2.24, 2.45) is 11.1 Å². The Kier molecular flexibility index (Phi) is 3.38. The average Bonchev–Trinajstić information content (AvgIpc) is 2.58. The topological polar surface area (TPSA) is 29.3 Å². The van der Waals surface area contributed by atoms with Gasteiger partial charge in [-0.1, -0.05) is 6.42 Å². The smallest absolute Gasteiger partial charge is 0.0917 e. The van der Waals surface area contributed by atoms with Crippen LogP contribution in [0.4, 0.5) is 5.00 Å². The predicted octanol–water partition coefficient (Wildman–Crippen LogP) is 3.08. The van der Waals surface area contributed by atoms with Crippen LogP contribution in [0.2, 0.25) is 0 Å². The van der Waals surface area contributed by atoms with Crippen molar-refractivity contribution >= 4 is 32.3 Å². The summed E-state index contributed by atoms with van der Waals surface area (Å²) >= 11 is 5.28. The molecule has 0 unspecified atom stereocenters. The van der Waals surface area contributed by atoms with E-state index in [9.17, 15) is 0 Å². The van der Waals surface area contributed by atoms with Crippen molar-refractivity contribution in [3.05, 3.63) is 15.9 Å². The van der Waals surface area contributed by atoms with Crippen molar-refractivity contribution in [2.75, 3.05) is 25.0 Å². The lowest BCUT2D eigenvalue weighted by Crippen LogP contribution is -2.46. The molecule has 1 saturated carbocycles. The van der Waals surface area contributed by atoms with Crippen LogP contribution in [0, 0.1) is 5.41 Å². The summed E-state index contributed by atoms with van der Waals surface area (Å²) < 4.78 is 1.19. The van der Waals surface area contributed by atoms with Gasteiger partial charge in [-0.15, -0.1) is 11.3 Å². The van der Waals surface area contributed by atoms with Crippen molar-refractivity contribution in [3.63, 3.8) is 0 Å². The molecule has 2 rings (SSSR count). The molecule has 1 aliphatic carbocycles. The van der Waals surface area contributed by atoms with Crippen molar-refractivity contribution in [2.45, 2.75) is 19.3 Å². The molecule has 1 aliphatic rings. The molecule has 2 nitrogen and oxygen atoms in total. The summed E-state index contributed by atoms with van der Waals surface area (Å²) in [7, 11) is 2.16. The Morgan fingerprint density at radius 3 is 2.67 bits per heavy atom. The molecule has 1 heterocycles. The van der Waals surface area contributed by atoms with Gasteiger partial charge < -0.3 is 10.6 Å². The lowest BCUT2D eigenvalue weighted by molar-refractivity contribution is 0.154. The molecule has 84 valence electrons. The highest BCUT2D eigenvalue weighted by molar-refractivity contribution is 9.11. The Bertz CT molecular complexity index is 328. The SMILES string of the molecule is CN(CC1(CN)CCC1)c1ccc(Br)s1. The quantitative estimate of drug-likeness (QED) is 0.923. The Morgan fingerprint density at radius 1 is 1.53 bits per heavy atom. The van der Waals surface area contributed by atoms with Crippen LogP contribution in [0.1, 0.15) is 19.3 Å². The molecule has 1 fully saturated rings. The number of anilines is 1. The molecule has 15 heavy (non-hydrogen) atoms. The van der Waals surface area contributed by atoms with E-state index in [1.165, 1.54) is 28.0 Å². The van der Waals surface area contributed by atoms with Gasteiger partial charge in [0, 0.05) is 19.0 Å². The van der Waals surface area contributed by atoms with Crippen LogP contribution in [0.25, 0.3) is 0 Å². The first-order chi connectivity index (χ1) is 7.15. The average molecular weight is 289 g/mol. The molecular formula is C11H17BrN2S. The fourth-order valence-electron chi connectivity index (χ4n) is 2.19. The minimum Gasteiger partial charge on any atom is -0.366 e. The zero-order chi connectivity index (χ0) is 10.9. The Balaban J connectivity index is 1.99. The summed E-state index contributed by atoms with van der Waals surface area (Å²) in [5, 5.41) is 1.32. The summed E-state index contributed by atoms with van der Waals surface area (Å²) in [6.45, 7) is 1.92. The fraction of sp³-hybridized carbons (Fsp3) is 0.636. The standard InChI is InChI=1S/C11H17BrN2S/c1-14(10-4-3-9(12)15-10)8-11(7-13)5-2-6-11/h3-4H,2,5-8,13H2,1H3. The summed E-state index contributed by atoms with van der Waals surface area (Å²) in [5.74, 6) is 0. The third-order valence-electron chi connectivity index (χ3n) is 3.36. The van der Waals surface area contributed by atoms with Gasteiger partial charge in [-0.2, -0.15) is 0 Å². The maximum absolute atomic E-state index is 5.87. The Labute approximate surface area is 104 Å². The molecule has 0 bridgehead atoms. The number of hydrogen-bond donors (Lipinski definition) is 1. The second-order valence-corrected chi connectivity index (χ2v) is 6.93. The maximum atomic E-state index is 5.87. The summed E-state index contributed by atoms with van der Waals surface area (Å²) in [6, 6.07) is 4.27. The number of halogens is 1. The van der Waals surface area contributed by atoms with Crippen LogP contribution in [0.3, 0.4) is 0 Å². The second-order valence-electron chi connectivity index (χ2n) is 4.49.